The summed E-state index contributed by atoms with van der Waals surface area (Å²) in [4.78, 5) is 0. The van der Waals surface area contributed by atoms with Crippen LogP contribution in [0.15, 0.2) is 48.5 Å². The Labute approximate surface area is 151 Å². The quantitative estimate of drug-likeness (QED) is 0.618. The van der Waals surface area contributed by atoms with Crippen molar-refractivity contribution in [2.75, 3.05) is 13.2 Å². The Morgan fingerprint density at radius 3 is 1.52 bits per heavy atom. The molecule has 3 heteroatoms. The van der Waals surface area contributed by atoms with Gasteiger partial charge in [0.15, 0.2) is 0 Å². The standard InChI is InChI=1S/C22H30O3/c1-17-9-3-5-11-19(17)21(23)13-7-15-25-16-8-14-22(24)20-12-6-4-10-18(20)2/h3-6,9-12,21-24H,7-8,13-16H2,1-2H3. The summed E-state index contributed by atoms with van der Waals surface area (Å²) in [5.41, 5.74) is 4.26. The number of hydrogen-bond donors (Lipinski definition) is 2. The van der Waals surface area contributed by atoms with Gasteiger partial charge in [-0.15, -0.1) is 0 Å². The molecule has 3 nitrogen and oxygen atoms in total. The Morgan fingerprint density at radius 1 is 0.720 bits per heavy atom. The fraction of sp³-hybridized carbons (Fsp3) is 0.455. The van der Waals surface area contributed by atoms with Gasteiger partial charge in [0.2, 0.25) is 0 Å². The molecule has 2 aromatic rings. The SMILES string of the molecule is Cc1ccccc1C(O)CCCOCCCC(O)c1ccccc1C. The van der Waals surface area contributed by atoms with Crippen LogP contribution < -0.4 is 0 Å². The molecule has 2 N–H and O–H groups in total. The van der Waals surface area contributed by atoms with Crippen LogP contribution in [0.2, 0.25) is 0 Å². The Balaban J connectivity index is 1.58. The van der Waals surface area contributed by atoms with Gasteiger partial charge in [-0.2, -0.15) is 0 Å². The van der Waals surface area contributed by atoms with Crippen molar-refractivity contribution in [3.8, 4) is 0 Å². The second kappa shape index (κ2) is 10.3. The van der Waals surface area contributed by atoms with E-state index in [1.54, 1.807) is 0 Å². The van der Waals surface area contributed by atoms with E-state index in [4.69, 9.17) is 4.74 Å². The van der Waals surface area contributed by atoms with E-state index in [2.05, 4.69) is 0 Å². The van der Waals surface area contributed by atoms with Crippen molar-refractivity contribution in [2.24, 2.45) is 0 Å². The summed E-state index contributed by atoms with van der Waals surface area (Å²) >= 11 is 0. The predicted molar refractivity (Wildman–Crippen MR) is 102 cm³/mol. The van der Waals surface area contributed by atoms with E-state index in [9.17, 15) is 10.2 Å². The lowest BCUT2D eigenvalue weighted by atomic mass is 10.00. The van der Waals surface area contributed by atoms with Crippen molar-refractivity contribution >= 4 is 0 Å². The summed E-state index contributed by atoms with van der Waals surface area (Å²) in [6.07, 6.45) is 2.22. The third-order valence-electron chi connectivity index (χ3n) is 4.63. The zero-order valence-electron chi connectivity index (χ0n) is 15.3. The second-order valence-corrected chi connectivity index (χ2v) is 6.64. The highest BCUT2D eigenvalue weighted by molar-refractivity contribution is 5.28. The number of rotatable bonds is 10. The van der Waals surface area contributed by atoms with Gasteiger partial charge in [0.1, 0.15) is 0 Å². The van der Waals surface area contributed by atoms with Gasteiger partial charge in [-0.05, 0) is 61.8 Å². The third-order valence-corrected chi connectivity index (χ3v) is 4.63. The minimum absolute atomic E-state index is 0.423. The van der Waals surface area contributed by atoms with E-state index >= 15 is 0 Å². The molecule has 25 heavy (non-hydrogen) atoms. The summed E-state index contributed by atoms with van der Waals surface area (Å²) < 4.78 is 5.64. The maximum Gasteiger partial charge on any atom is 0.0793 e. The van der Waals surface area contributed by atoms with Gasteiger partial charge < -0.3 is 14.9 Å². The predicted octanol–water partition coefficient (Wildman–Crippen LogP) is 4.65. The van der Waals surface area contributed by atoms with Gasteiger partial charge in [-0.1, -0.05) is 48.5 Å². The minimum Gasteiger partial charge on any atom is -0.388 e. The number of hydrogen-bond acceptors (Lipinski definition) is 3. The maximum atomic E-state index is 10.2. The highest BCUT2D eigenvalue weighted by Gasteiger charge is 2.10. The summed E-state index contributed by atoms with van der Waals surface area (Å²) in [5.74, 6) is 0. The zero-order chi connectivity index (χ0) is 18.1. The van der Waals surface area contributed by atoms with E-state index in [-0.39, 0.29) is 0 Å². The first kappa shape index (κ1) is 19.6. The third kappa shape index (κ3) is 6.28. The highest BCUT2D eigenvalue weighted by Crippen LogP contribution is 2.22. The molecular weight excluding hydrogens is 312 g/mol. The smallest absolute Gasteiger partial charge is 0.0793 e. The molecule has 0 amide bonds. The van der Waals surface area contributed by atoms with Gasteiger partial charge in [0.25, 0.3) is 0 Å². The first-order valence-corrected chi connectivity index (χ1v) is 9.14. The monoisotopic (exact) mass is 342 g/mol. The molecule has 0 bridgehead atoms. The summed E-state index contributed by atoms with van der Waals surface area (Å²) in [6.45, 7) is 5.33. The normalized spacial score (nSPS) is 13.6. The molecule has 136 valence electrons. The molecule has 0 aromatic heterocycles. The van der Waals surface area contributed by atoms with Crippen LogP contribution in [0.5, 0.6) is 0 Å². The summed E-state index contributed by atoms with van der Waals surface area (Å²) in [6, 6.07) is 15.9. The molecule has 0 heterocycles. The summed E-state index contributed by atoms with van der Waals surface area (Å²) in [7, 11) is 0. The Kier molecular flexibility index (Phi) is 8.13. The fourth-order valence-corrected chi connectivity index (χ4v) is 3.09. The molecule has 2 rings (SSSR count). The van der Waals surface area contributed by atoms with Crippen LogP contribution in [0.25, 0.3) is 0 Å². The topological polar surface area (TPSA) is 49.7 Å². The zero-order valence-corrected chi connectivity index (χ0v) is 15.3. The van der Waals surface area contributed by atoms with Crippen LogP contribution in [-0.4, -0.2) is 23.4 Å². The largest absolute Gasteiger partial charge is 0.388 e. The average Bonchev–Trinajstić information content (AvgIpc) is 2.61. The molecule has 0 saturated carbocycles. The number of aliphatic hydroxyl groups excluding tert-OH is 2. The first-order valence-electron chi connectivity index (χ1n) is 9.14. The first-order chi connectivity index (χ1) is 12.1. The molecule has 0 radical (unpaired) electrons. The van der Waals surface area contributed by atoms with Gasteiger partial charge in [0, 0.05) is 13.2 Å². The van der Waals surface area contributed by atoms with Crippen molar-refractivity contribution in [3.63, 3.8) is 0 Å². The van der Waals surface area contributed by atoms with Crippen LogP contribution in [0, 0.1) is 13.8 Å². The van der Waals surface area contributed by atoms with E-state index in [1.807, 2.05) is 62.4 Å². The molecule has 0 aliphatic carbocycles. The number of benzene rings is 2. The molecule has 2 atom stereocenters. The fourth-order valence-electron chi connectivity index (χ4n) is 3.09. The van der Waals surface area contributed by atoms with E-state index < -0.39 is 12.2 Å². The Morgan fingerprint density at radius 2 is 1.12 bits per heavy atom. The second-order valence-electron chi connectivity index (χ2n) is 6.64. The van der Waals surface area contributed by atoms with Gasteiger partial charge >= 0.3 is 0 Å². The van der Waals surface area contributed by atoms with Crippen molar-refractivity contribution < 1.29 is 14.9 Å². The van der Waals surface area contributed by atoms with Crippen molar-refractivity contribution in [1.29, 1.82) is 0 Å². The van der Waals surface area contributed by atoms with E-state index in [0.717, 1.165) is 35.1 Å². The maximum absolute atomic E-state index is 10.2. The van der Waals surface area contributed by atoms with Crippen LogP contribution >= 0.6 is 0 Å². The van der Waals surface area contributed by atoms with E-state index in [1.165, 1.54) is 0 Å². The summed E-state index contributed by atoms with van der Waals surface area (Å²) in [5, 5.41) is 20.5. The molecule has 0 spiro atoms. The molecule has 0 fully saturated rings. The number of aryl methyl sites for hydroxylation is 2. The van der Waals surface area contributed by atoms with Crippen LogP contribution in [0.1, 0.15) is 60.1 Å². The van der Waals surface area contributed by atoms with Crippen molar-refractivity contribution in [3.05, 3.63) is 70.8 Å². The molecule has 2 aromatic carbocycles. The van der Waals surface area contributed by atoms with Crippen molar-refractivity contribution in [2.45, 2.75) is 51.7 Å². The number of ether oxygens (including phenoxy) is 1. The minimum atomic E-state index is -0.423. The van der Waals surface area contributed by atoms with Crippen LogP contribution in [-0.2, 0) is 4.74 Å². The highest BCUT2D eigenvalue weighted by atomic mass is 16.5. The van der Waals surface area contributed by atoms with Gasteiger partial charge in [-0.3, -0.25) is 0 Å². The average molecular weight is 342 g/mol. The molecular formula is C22H30O3. The molecule has 0 aliphatic rings. The number of aliphatic hydroxyl groups is 2. The van der Waals surface area contributed by atoms with E-state index in [0.29, 0.717) is 26.1 Å². The van der Waals surface area contributed by atoms with Crippen LogP contribution in [0.4, 0.5) is 0 Å². The lowest BCUT2D eigenvalue weighted by Gasteiger charge is -2.14. The van der Waals surface area contributed by atoms with Crippen LogP contribution in [0.3, 0.4) is 0 Å². The molecule has 0 saturated heterocycles. The van der Waals surface area contributed by atoms with Gasteiger partial charge in [-0.25, -0.2) is 0 Å². The molecule has 0 aliphatic heterocycles. The Bertz CT molecular complexity index is 583. The molecule has 2 unspecified atom stereocenters. The lowest BCUT2D eigenvalue weighted by molar-refractivity contribution is 0.0916. The lowest BCUT2D eigenvalue weighted by Crippen LogP contribution is -2.05. The Hall–Kier alpha value is -1.68. The van der Waals surface area contributed by atoms with Crippen molar-refractivity contribution in [1.82, 2.24) is 0 Å². The van der Waals surface area contributed by atoms with Gasteiger partial charge in [0.05, 0.1) is 12.2 Å².